The van der Waals surface area contributed by atoms with Crippen molar-refractivity contribution in [2.24, 2.45) is 0 Å². The highest BCUT2D eigenvalue weighted by molar-refractivity contribution is 5.36. The molecule has 0 unspecified atom stereocenters. The van der Waals surface area contributed by atoms with Gasteiger partial charge in [0, 0.05) is 18.6 Å². The van der Waals surface area contributed by atoms with Crippen LogP contribution in [-0.4, -0.2) is 24.6 Å². The van der Waals surface area contributed by atoms with Gasteiger partial charge in [-0.25, -0.2) is 4.98 Å². The van der Waals surface area contributed by atoms with Gasteiger partial charge in [-0.1, -0.05) is 6.07 Å². The van der Waals surface area contributed by atoms with Gasteiger partial charge in [0.2, 0.25) is 0 Å². The zero-order valence-electron chi connectivity index (χ0n) is 9.17. The standard InChI is InChI=1S/C11H12N6/c1-2-6-17-10(3-1)15-16-11(17)8-12-7-9-13-4-5-14-9/h1-6,12H,7-8H2,(H,13,14). The highest BCUT2D eigenvalue weighted by atomic mass is 15.3. The second kappa shape index (κ2) is 4.34. The number of aromatic amines is 1. The molecule has 3 rings (SSSR count). The van der Waals surface area contributed by atoms with Crippen LogP contribution in [0.5, 0.6) is 0 Å². The van der Waals surface area contributed by atoms with Gasteiger partial charge in [-0.3, -0.25) is 4.40 Å². The number of pyridine rings is 1. The molecule has 3 aromatic rings. The molecule has 0 aliphatic heterocycles. The Bertz CT molecular complexity index is 597. The molecular formula is C11H12N6. The van der Waals surface area contributed by atoms with Gasteiger partial charge in [-0.15, -0.1) is 10.2 Å². The molecule has 17 heavy (non-hydrogen) atoms. The number of hydrogen-bond acceptors (Lipinski definition) is 4. The Morgan fingerprint density at radius 1 is 1.24 bits per heavy atom. The average Bonchev–Trinajstić information content (AvgIpc) is 2.99. The maximum Gasteiger partial charge on any atom is 0.160 e. The van der Waals surface area contributed by atoms with E-state index in [2.05, 4.69) is 25.5 Å². The van der Waals surface area contributed by atoms with Gasteiger partial charge in [0.05, 0.1) is 13.1 Å². The molecular weight excluding hydrogens is 216 g/mol. The lowest BCUT2D eigenvalue weighted by Gasteiger charge is -2.01. The van der Waals surface area contributed by atoms with E-state index >= 15 is 0 Å². The lowest BCUT2D eigenvalue weighted by Crippen LogP contribution is -2.15. The number of nitrogens with zero attached hydrogens (tertiary/aromatic N) is 4. The van der Waals surface area contributed by atoms with Crippen LogP contribution in [0.15, 0.2) is 36.8 Å². The molecule has 86 valence electrons. The van der Waals surface area contributed by atoms with E-state index in [1.807, 2.05) is 35.0 Å². The van der Waals surface area contributed by atoms with Gasteiger partial charge in [-0.2, -0.15) is 0 Å². The van der Waals surface area contributed by atoms with Gasteiger partial charge < -0.3 is 10.3 Å². The summed E-state index contributed by atoms with van der Waals surface area (Å²) in [7, 11) is 0. The molecule has 0 amide bonds. The van der Waals surface area contributed by atoms with E-state index < -0.39 is 0 Å². The first kappa shape index (κ1) is 9.98. The van der Waals surface area contributed by atoms with Gasteiger partial charge in [0.25, 0.3) is 0 Å². The minimum absolute atomic E-state index is 0.659. The molecule has 0 bridgehead atoms. The van der Waals surface area contributed by atoms with Gasteiger partial charge in [-0.05, 0) is 12.1 Å². The molecule has 0 atom stereocenters. The predicted molar refractivity (Wildman–Crippen MR) is 62.1 cm³/mol. The molecule has 6 nitrogen and oxygen atoms in total. The summed E-state index contributed by atoms with van der Waals surface area (Å²) in [4.78, 5) is 7.17. The van der Waals surface area contributed by atoms with E-state index in [4.69, 9.17) is 0 Å². The number of imidazole rings is 1. The van der Waals surface area contributed by atoms with Crippen molar-refractivity contribution in [1.29, 1.82) is 0 Å². The predicted octanol–water partition coefficient (Wildman–Crippen LogP) is 0.742. The topological polar surface area (TPSA) is 70.9 Å². The fourth-order valence-electron chi connectivity index (χ4n) is 1.70. The maximum absolute atomic E-state index is 4.14. The first-order chi connectivity index (χ1) is 8.43. The summed E-state index contributed by atoms with van der Waals surface area (Å²) in [6.45, 7) is 1.35. The van der Waals surface area contributed by atoms with Crippen LogP contribution in [0.4, 0.5) is 0 Å². The molecule has 0 aromatic carbocycles. The number of nitrogens with one attached hydrogen (secondary N) is 2. The van der Waals surface area contributed by atoms with Gasteiger partial charge in [0.15, 0.2) is 11.5 Å². The molecule has 3 heterocycles. The van der Waals surface area contributed by atoms with E-state index in [0.717, 1.165) is 17.3 Å². The highest BCUT2D eigenvalue weighted by Gasteiger charge is 2.03. The average molecular weight is 228 g/mol. The van der Waals surface area contributed by atoms with E-state index in [0.29, 0.717) is 13.1 Å². The van der Waals surface area contributed by atoms with Crippen LogP contribution in [0, 0.1) is 0 Å². The van der Waals surface area contributed by atoms with Crippen molar-refractivity contribution in [1.82, 2.24) is 29.9 Å². The van der Waals surface area contributed by atoms with E-state index in [1.54, 1.807) is 6.20 Å². The quantitative estimate of drug-likeness (QED) is 0.691. The normalized spacial score (nSPS) is 11.1. The number of aromatic nitrogens is 5. The van der Waals surface area contributed by atoms with Crippen LogP contribution in [-0.2, 0) is 13.1 Å². The van der Waals surface area contributed by atoms with Crippen LogP contribution in [0.2, 0.25) is 0 Å². The monoisotopic (exact) mass is 228 g/mol. The minimum Gasteiger partial charge on any atom is -0.348 e. The Kier molecular flexibility index (Phi) is 2.55. The Morgan fingerprint density at radius 3 is 3.12 bits per heavy atom. The molecule has 2 N–H and O–H groups in total. The summed E-state index contributed by atoms with van der Waals surface area (Å²) in [5, 5.41) is 11.5. The van der Waals surface area contributed by atoms with E-state index in [9.17, 15) is 0 Å². The van der Waals surface area contributed by atoms with E-state index in [-0.39, 0.29) is 0 Å². The zero-order chi connectivity index (χ0) is 11.5. The lowest BCUT2D eigenvalue weighted by atomic mass is 10.4. The fraction of sp³-hybridized carbons (Fsp3) is 0.182. The Hall–Kier alpha value is -2.21. The van der Waals surface area contributed by atoms with Crippen molar-refractivity contribution in [3.8, 4) is 0 Å². The molecule has 6 heteroatoms. The molecule has 0 aliphatic carbocycles. The highest BCUT2D eigenvalue weighted by Crippen LogP contribution is 2.02. The van der Waals surface area contributed by atoms with Crippen molar-refractivity contribution < 1.29 is 0 Å². The summed E-state index contributed by atoms with van der Waals surface area (Å²) in [5.74, 6) is 1.81. The van der Waals surface area contributed by atoms with Crippen LogP contribution in [0.1, 0.15) is 11.6 Å². The van der Waals surface area contributed by atoms with Crippen molar-refractivity contribution >= 4 is 5.65 Å². The van der Waals surface area contributed by atoms with Crippen LogP contribution in [0.25, 0.3) is 5.65 Å². The third-order valence-corrected chi connectivity index (χ3v) is 2.51. The molecule has 0 radical (unpaired) electrons. The van der Waals surface area contributed by atoms with E-state index in [1.165, 1.54) is 0 Å². The van der Waals surface area contributed by atoms with Crippen LogP contribution >= 0.6 is 0 Å². The summed E-state index contributed by atoms with van der Waals surface area (Å²) >= 11 is 0. The number of fused-ring (bicyclic) bond motifs is 1. The number of rotatable bonds is 4. The molecule has 0 fully saturated rings. The minimum atomic E-state index is 0.659. The third-order valence-electron chi connectivity index (χ3n) is 2.51. The summed E-state index contributed by atoms with van der Waals surface area (Å²) < 4.78 is 1.97. The second-order valence-electron chi connectivity index (χ2n) is 3.68. The third kappa shape index (κ3) is 2.02. The smallest absolute Gasteiger partial charge is 0.160 e. The van der Waals surface area contributed by atoms with Crippen molar-refractivity contribution in [3.63, 3.8) is 0 Å². The Morgan fingerprint density at radius 2 is 2.24 bits per heavy atom. The number of H-pyrrole nitrogens is 1. The lowest BCUT2D eigenvalue weighted by molar-refractivity contribution is 0.638. The Labute approximate surface area is 97.7 Å². The van der Waals surface area contributed by atoms with Crippen LogP contribution < -0.4 is 5.32 Å². The Balaban J connectivity index is 1.69. The molecule has 0 saturated carbocycles. The van der Waals surface area contributed by atoms with Crippen molar-refractivity contribution in [2.45, 2.75) is 13.1 Å². The maximum atomic E-state index is 4.14. The number of hydrogen-bond donors (Lipinski definition) is 2. The first-order valence-corrected chi connectivity index (χ1v) is 5.41. The first-order valence-electron chi connectivity index (χ1n) is 5.41. The zero-order valence-corrected chi connectivity index (χ0v) is 9.17. The molecule has 0 saturated heterocycles. The summed E-state index contributed by atoms with van der Waals surface area (Å²) in [6.07, 6.45) is 5.51. The summed E-state index contributed by atoms with van der Waals surface area (Å²) in [6, 6.07) is 5.85. The SMILES string of the molecule is c1ccn2c(CNCc3ncc[nH]3)nnc2c1. The van der Waals surface area contributed by atoms with Crippen molar-refractivity contribution in [2.75, 3.05) is 0 Å². The molecule has 3 aromatic heterocycles. The van der Waals surface area contributed by atoms with Gasteiger partial charge in [0.1, 0.15) is 5.82 Å². The second-order valence-corrected chi connectivity index (χ2v) is 3.68. The molecule has 0 aliphatic rings. The molecule has 0 spiro atoms. The largest absolute Gasteiger partial charge is 0.348 e. The van der Waals surface area contributed by atoms with Gasteiger partial charge >= 0.3 is 0 Å². The fourth-order valence-corrected chi connectivity index (χ4v) is 1.70. The van der Waals surface area contributed by atoms with Crippen molar-refractivity contribution in [3.05, 3.63) is 48.4 Å². The summed E-state index contributed by atoms with van der Waals surface area (Å²) in [5.41, 5.74) is 0.863. The van der Waals surface area contributed by atoms with Crippen LogP contribution in [0.3, 0.4) is 0 Å².